The smallest absolute Gasteiger partial charge is 0.0980 e. The van der Waals surface area contributed by atoms with E-state index in [9.17, 15) is 5.11 Å². The molecule has 0 aromatic heterocycles. The van der Waals surface area contributed by atoms with Gasteiger partial charge in [0.1, 0.15) is 0 Å². The molecule has 0 aliphatic heterocycles. The molecule has 13 heavy (non-hydrogen) atoms. The van der Waals surface area contributed by atoms with Crippen LogP contribution in [-0.4, -0.2) is 22.4 Å². The molecule has 0 amide bonds. The molecule has 0 saturated heterocycles. The van der Waals surface area contributed by atoms with E-state index in [1.807, 2.05) is 30.3 Å². The number of benzene rings is 1. The van der Waals surface area contributed by atoms with E-state index in [0.717, 1.165) is 5.56 Å². The van der Waals surface area contributed by atoms with Crippen molar-refractivity contribution < 1.29 is 10.2 Å². The van der Waals surface area contributed by atoms with Crippen molar-refractivity contribution in [1.29, 1.82) is 0 Å². The van der Waals surface area contributed by atoms with Gasteiger partial charge in [-0.1, -0.05) is 42.5 Å². The highest BCUT2D eigenvalue weighted by atomic mass is 16.3. The van der Waals surface area contributed by atoms with Crippen LogP contribution in [0.4, 0.5) is 0 Å². The average molecular weight is 178 g/mol. The summed E-state index contributed by atoms with van der Waals surface area (Å²) < 4.78 is 0. The minimum atomic E-state index is -0.791. The summed E-state index contributed by atoms with van der Waals surface area (Å²) in [6, 6.07) is 9.65. The average Bonchev–Trinajstić information content (AvgIpc) is 2.15. The van der Waals surface area contributed by atoms with Crippen LogP contribution in [0, 0.1) is 0 Å². The molecular weight excluding hydrogens is 164 g/mol. The molecule has 1 aromatic carbocycles. The van der Waals surface area contributed by atoms with Gasteiger partial charge in [0.15, 0.2) is 0 Å². The van der Waals surface area contributed by atoms with Crippen LogP contribution in [0.15, 0.2) is 36.4 Å². The van der Waals surface area contributed by atoms with Crippen LogP contribution < -0.4 is 0 Å². The Morgan fingerprint density at radius 2 is 1.77 bits per heavy atom. The number of rotatable bonds is 3. The van der Waals surface area contributed by atoms with Crippen molar-refractivity contribution in [2.45, 2.75) is 19.1 Å². The number of hydrogen-bond donors (Lipinski definition) is 2. The molecular formula is C11H14O2. The summed E-state index contributed by atoms with van der Waals surface area (Å²) in [5.41, 5.74) is 1.02. The third-order valence-corrected chi connectivity index (χ3v) is 1.78. The molecule has 0 aliphatic rings. The molecule has 0 bridgehead atoms. The van der Waals surface area contributed by atoms with Crippen molar-refractivity contribution >= 4 is 6.08 Å². The van der Waals surface area contributed by atoms with Crippen molar-refractivity contribution in [1.82, 2.24) is 0 Å². The fraction of sp³-hybridized carbons (Fsp3) is 0.273. The molecule has 2 atom stereocenters. The highest BCUT2D eigenvalue weighted by Crippen LogP contribution is 2.03. The summed E-state index contributed by atoms with van der Waals surface area (Å²) in [6.07, 6.45) is 1.86. The van der Waals surface area contributed by atoms with Crippen molar-refractivity contribution in [3.05, 3.63) is 42.0 Å². The van der Waals surface area contributed by atoms with Gasteiger partial charge in [-0.05, 0) is 12.5 Å². The van der Waals surface area contributed by atoms with Gasteiger partial charge in [-0.2, -0.15) is 0 Å². The molecule has 2 heteroatoms. The first kappa shape index (κ1) is 9.96. The van der Waals surface area contributed by atoms with Gasteiger partial charge in [0.05, 0.1) is 12.2 Å². The van der Waals surface area contributed by atoms with Gasteiger partial charge in [-0.25, -0.2) is 0 Å². The Morgan fingerprint density at radius 3 is 2.31 bits per heavy atom. The van der Waals surface area contributed by atoms with Gasteiger partial charge >= 0.3 is 0 Å². The van der Waals surface area contributed by atoms with Crippen LogP contribution in [0.2, 0.25) is 0 Å². The molecule has 0 spiro atoms. The third-order valence-electron chi connectivity index (χ3n) is 1.78. The van der Waals surface area contributed by atoms with Crippen molar-refractivity contribution in [2.75, 3.05) is 0 Å². The number of aliphatic hydroxyl groups is 2. The van der Waals surface area contributed by atoms with Crippen molar-refractivity contribution in [3.8, 4) is 0 Å². The van der Waals surface area contributed by atoms with E-state index in [4.69, 9.17) is 5.11 Å². The fourth-order valence-electron chi connectivity index (χ4n) is 0.935. The van der Waals surface area contributed by atoms with E-state index in [1.54, 1.807) is 19.1 Å². The lowest BCUT2D eigenvalue weighted by atomic mass is 10.1. The molecule has 0 heterocycles. The summed E-state index contributed by atoms with van der Waals surface area (Å²) in [7, 11) is 0. The van der Waals surface area contributed by atoms with Gasteiger partial charge in [-0.3, -0.25) is 0 Å². The van der Waals surface area contributed by atoms with Crippen LogP contribution in [0.1, 0.15) is 12.5 Å². The lowest BCUT2D eigenvalue weighted by molar-refractivity contribution is 0.0624. The summed E-state index contributed by atoms with van der Waals surface area (Å²) in [4.78, 5) is 0. The zero-order valence-electron chi connectivity index (χ0n) is 7.59. The van der Waals surface area contributed by atoms with Crippen LogP contribution >= 0.6 is 0 Å². The predicted octanol–water partition coefficient (Wildman–Crippen LogP) is 1.44. The Balaban J connectivity index is 2.59. The first-order valence-electron chi connectivity index (χ1n) is 4.29. The minimum absolute atomic E-state index is 0.722. The quantitative estimate of drug-likeness (QED) is 0.735. The number of hydrogen-bond acceptors (Lipinski definition) is 2. The second-order valence-electron chi connectivity index (χ2n) is 3.00. The second-order valence-corrected chi connectivity index (χ2v) is 3.00. The van der Waals surface area contributed by atoms with Crippen molar-refractivity contribution in [3.63, 3.8) is 0 Å². The van der Waals surface area contributed by atoms with E-state index < -0.39 is 12.2 Å². The largest absolute Gasteiger partial charge is 0.390 e. The predicted molar refractivity (Wildman–Crippen MR) is 53.2 cm³/mol. The molecule has 0 fully saturated rings. The maximum Gasteiger partial charge on any atom is 0.0980 e. The first-order chi connectivity index (χ1) is 6.20. The summed E-state index contributed by atoms with van der Waals surface area (Å²) in [5, 5.41) is 18.2. The zero-order chi connectivity index (χ0) is 9.68. The van der Waals surface area contributed by atoms with E-state index in [2.05, 4.69) is 0 Å². The van der Waals surface area contributed by atoms with Crippen molar-refractivity contribution in [2.24, 2.45) is 0 Å². The van der Waals surface area contributed by atoms with Gasteiger partial charge in [-0.15, -0.1) is 0 Å². The summed E-state index contributed by atoms with van der Waals surface area (Å²) >= 11 is 0. The van der Waals surface area contributed by atoms with Crippen LogP contribution in [0.5, 0.6) is 0 Å². The maximum absolute atomic E-state index is 9.25. The molecule has 2 N–H and O–H groups in total. The molecule has 0 saturated carbocycles. The Bertz CT molecular complexity index is 265. The highest BCUT2D eigenvalue weighted by molar-refractivity contribution is 5.49. The second kappa shape index (κ2) is 4.80. The first-order valence-corrected chi connectivity index (χ1v) is 4.29. The summed E-state index contributed by atoms with van der Waals surface area (Å²) in [6.45, 7) is 1.56. The van der Waals surface area contributed by atoms with Crippen LogP contribution in [0.3, 0.4) is 0 Å². The molecule has 0 unspecified atom stereocenters. The molecule has 0 aliphatic carbocycles. The van der Waals surface area contributed by atoms with Gasteiger partial charge < -0.3 is 10.2 Å². The van der Waals surface area contributed by atoms with E-state index >= 15 is 0 Å². The monoisotopic (exact) mass is 178 g/mol. The lowest BCUT2D eigenvalue weighted by Gasteiger charge is -2.07. The summed E-state index contributed by atoms with van der Waals surface area (Å²) in [5.74, 6) is 0. The topological polar surface area (TPSA) is 40.5 Å². The normalized spacial score (nSPS) is 15.9. The maximum atomic E-state index is 9.25. The van der Waals surface area contributed by atoms with Gasteiger partial charge in [0, 0.05) is 0 Å². The Kier molecular flexibility index (Phi) is 3.68. The minimum Gasteiger partial charge on any atom is -0.390 e. The number of aliphatic hydroxyl groups excluding tert-OH is 2. The van der Waals surface area contributed by atoms with E-state index in [0.29, 0.717) is 0 Å². The van der Waals surface area contributed by atoms with E-state index in [-0.39, 0.29) is 0 Å². The van der Waals surface area contributed by atoms with Gasteiger partial charge in [0.2, 0.25) is 0 Å². The molecule has 1 rings (SSSR count). The SMILES string of the molecule is C[C@@H](O)[C@H](O)C=Cc1ccccc1. The standard InChI is InChI=1S/C11H14O2/c1-9(12)11(13)8-7-10-5-3-2-4-6-10/h2-9,11-13H,1H3/t9-,11-/m1/s1. The third kappa shape index (κ3) is 3.40. The van der Waals surface area contributed by atoms with Crippen LogP contribution in [0.25, 0.3) is 6.08 Å². The zero-order valence-corrected chi connectivity index (χ0v) is 7.59. The Morgan fingerprint density at radius 1 is 1.15 bits per heavy atom. The van der Waals surface area contributed by atoms with E-state index in [1.165, 1.54) is 0 Å². The lowest BCUT2D eigenvalue weighted by Crippen LogP contribution is -2.19. The Hall–Kier alpha value is -1.12. The van der Waals surface area contributed by atoms with Crippen LogP contribution in [-0.2, 0) is 0 Å². The molecule has 70 valence electrons. The fourth-order valence-corrected chi connectivity index (χ4v) is 0.935. The molecule has 2 nitrogen and oxygen atoms in total. The molecule has 0 radical (unpaired) electrons. The van der Waals surface area contributed by atoms with Gasteiger partial charge in [0.25, 0.3) is 0 Å². The highest BCUT2D eigenvalue weighted by Gasteiger charge is 2.04. The Labute approximate surface area is 78.2 Å². The molecule has 1 aromatic rings.